The number of hydrogen-bond donors (Lipinski definition) is 1. The fourth-order valence-corrected chi connectivity index (χ4v) is 3.21. The Morgan fingerprint density at radius 1 is 1.35 bits per heavy atom. The molecule has 1 aliphatic rings. The number of ether oxygens (including phenoxy) is 1. The van der Waals surface area contributed by atoms with Crippen LogP contribution in [0.5, 0.6) is 5.75 Å². The average Bonchev–Trinajstić information content (AvgIpc) is 2.47. The van der Waals surface area contributed by atoms with Crippen molar-refractivity contribution in [3.05, 3.63) is 29.3 Å². The minimum Gasteiger partial charge on any atom is -0.497 e. The van der Waals surface area contributed by atoms with Gasteiger partial charge in [-0.2, -0.15) is 0 Å². The fourth-order valence-electron chi connectivity index (χ4n) is 3.21. The summed E-state index contributed by atoms with van der Waals surface area (Å²) in [4.78, 5) is 2.45. The normalized spacial score (nSPS) is 21.9. The van der Waals surface area contributed by atoms with E-state index in [2.05, 4.69) is 31.0 Å². The molecule has 1 aliphatic carbocycles. The van der Waals surface area contributed by atoms with E-state index in [0.29, 0.717) is 6.04 Å². The third-order valence-corrected chi connectivity index (χ3v) is 4.51. The summed E-state index contributed by atoms with van der Waals surface area (Å²) in [5.41, 5.74) is 9.16. The van der Waals surface area contributed by atoms with Crippen LogP contribution in [0.25, 0.3) is 0 Å². The zero-order valence-electron chi connectivity index (χ0n) is 13.1. The number of unbranched alkanes of at least 4 members (excludes halogenated alkanes) is 2. The lowest BCUT2D eigenvalue weighted by Gasteiger charge is -2.37. The summed E-state index contributed by atoms with van der Waals surface area (Å²) in [5.74, 6) is 0.936. The highest BCUT2D eigenvalue weighted by Crippen LogP contribution is 2.33. The molecule has 0 aliphatic heterocycles. The van der Waals surface area contributed by atoms with E-state index >= 15 is 0 Å². The molecule has 2 rings (SSSR count). The van der Waals surface area contributed by atoms with E-state index in [1.54, 1.807) is 7.11 Å². The zero-order chi connectivity index (χ0) is 14.5. The van der Waals surface area contributed by atoms with Gasteiger partial charge in [0.15, 0.2) is 0 Å². The molecule has 3 heteroatoms. The Morgan fingerprint density at radius 3 is 2.85 bits per heavy atom. The summed E-state index contributed by atoms with van der Waals surface area (Å²) in [7, 11) is 3.93. The molecule has 0 saturated carbocycles. The van der Waals surface area contributed by atoms with Crippen LogP contribution in [0.4, 0.5) is 0 Å². The maximum atomic E-state index is 6.50. The van der Waals surface area contributed by atoms with Crippen LogP contribution in [-0.4, -0.2) is 31.6 Å². The summed E-state index contributed by atoms with van der Waals surface area (Å²) < 4.78 is 5.30. The molecule has 0 heterocycles. The van der Waals surface area contributed by atoms with Gasteiger partial charge in [-0.1, -0.05) is 25.8 Å². The van der Waals surface area contributed by atoms with Gasteiger partial charge in [0.1, 0.15) is 5.75 Å². The Hall–Kier alpha value is -1.06. The molecule has 1 aromatic carbocycles. The first-order chi connectivity index (χ1) is 9.67. The molecule has 0 bridgehead atoms. The summed E-state index contributed by atoms with van der Waals surface area (Å²) in [6.45, 7) is 3.40. The largest absolute Gasteiger partial charge is 0.497 e. The molecular weight excluding hydrogens is 248 g/mol. The first-order valence-electron chi connectivity index (χ1n) is 7.80. The highest BCUT2D eigenvalue weighted by Gasteiger charge is 2.29. The van der Waals surface area contributed by atoms with Crippen molar-refractivity contribution in [3.63, 3.8) is 0 Å². The molecule has 112 valence electrons. The number of hydrogen-bond acceptors (Lipinski definition) is 3. The Labute approximate surface area is 123 Å². The number of rotatable bonds is 6. The van der Waals surface area contributed by atoms with Gasteiger partial charge in [-0.25, -0.2) is 0 Å². The molecule has 20 heavy (non-hydrogen) atoms. The van der Waals surface area contributed by atoms with Gasteiger partial charge in [-0.05, 0) is 56.1 Å². The molecule has 2 N–H and O–H groups in total. The van der Waals surface area contributed by atoms with Crippen LogP contribution >= 0.6 is 0 Å². The van der Waals surface area contributed by atoms with Crippen molar-refractivity contribution in [1.82, 2.24) is 4.90 Å². The van der Waals surface area contributed by atoms with Crippen molar-refractivity contribution in [2.24, 2.45) is 5.73 Å². The average molecular weight is 276 g/mol. The molecule has 0 saturated heterocycles. The zero-order valence-corrected chi connectivity index (χ0v) is 13.1. The van der Waals surface area contributed by atoms with E-state index in [1.807, 2.05) is 6.07 Å². The van der Waals surface area contributed by atoms with E-state index in [1.165, 1.54) is 30.4 Å². The van der Waals surface area contributed by atoms with E-state index in [-0.39, 0.29) is 6.04 Å². The quantitative estimate of drug-likeness (QED) is 0.811. The minimum absolute atomic E-state index is 0.122. The van der Waals surface area contributed by atoms with Crippen molar-refractivity contribution in [2.45, 2.75) is 51.1 Å². The molecule has 0 amide bonds. The first kappa shape index (κ1) is 15.3. The minimum atomic E-state index is 0.122. The maximum absolute atomic E-state index is 6.50. The monoisotopic (exact) mass is 276 g/mol. The van der Waals surface area contributed by atoms with Gasteiger partial charge >= 0.3 is 0 Å². The van der Waals surface area contributed by atoms with Crippen molar-refractivity contribution in [2.75, 3.05) is 20.7 Å². The summed E-state index contributed by atoms with van der Waals surface area (Å²) in [6, 6.07) is 6.90. The Kier molecular flexibility index (Phi) is 5.44. The molecule has 2 atom stereocenters. The van der Waals surface area contributed by atoms with E-state index in [9.17, 15) is 0 Å². The topological polar surface area (TPSA) is 38.5 Å². The number of aryl methyl sites for hydroxylation is 1. The Bertz CT molecular complexity index is 433. The number of benzene rings is 1. The van der Waals surface area contributed by atoms with Crippen LogP contribution in [0.15, 0.2) is 18.2 Å². The third kappa shape index (κ3) is 3.33. The highest BCUT2D eigenvalue weighted by atomic mass is 16.5. The molecular formula is C17H28N2O. The van der Waals surface area contributed by atoms with Gasteiger partial charge in [-0.3, -0.25) is 0 Å². The predicted octanol–water partition coefficient (Wildman–Crippen LogP) is 3.13. The second-order valence-corrected chi connectivity index (χ2v) is 5.88. The lowest BCUT2D eigenvalue weighted by atomic mass is 9.83. The second kappa shape index (κ2) is 7.09. The summed E-state index contributed by atoms with van der Waals surface area (Å²) >= 11 is 0. The molecule has 2 unspecified atom stereocenters. The number of nitrogens with zero attached hydrogens (tertiary/aromatic N) is 1. The van der Waals surface area contributed by atoms with Crippen molar-refractivity contribution < 1.29 is 4.74 Å². The predicted molar refractivity (Wildman–Crippen MR) is 84.2 cm³/mol. The van der Waals surface area contributed by atoms with E-state index < -0.39 is 0 Å². The summed E-state index contributed by atoms with van der Waals surface area (Å²) in [5, 5.41) is 0. The van der Waals surface area contributed by atoms with Crippen molar-refractivity contribution in [3.8, 4) is 5.75 Å². The van der Waals surface area contributed by atoms with Crippen molar-refractivity contribution >= 4 is 0 Å². The smallest absolute Gasteiger partial charge is 0.119 e. The van der Waals surface area contributed by atoms with Crippen LogP contribution in [0.2, 0.25) is 0 Å². The standard InChI is InChI=1S/C17H28N2O/c1-4-5-6-11-19(2)16-10-7-13-12-14(20-3)8-9-15(13)17(16)18/h8-9,12,16-17H,4-7,10-11,18H2,1-3H3. The van der Waals surface area contributed by atoms with Crippen LogP contribution in [0.3, 0.4) is 0 Å². The van der Waals surface area contributed by atoms with Gasteiger partial charge in [0.05, 0.1) is 7.11 Å². The fraction of sp³-hybridized carbons (Fsp3) is 0.647. The number of nitrogens with two attached hydrogens (primary N) is 1. The number of fused-ring (bicyclic) bond motifs is 1. The van der Waals surface area contributed by atoms with E-state index in [4.69, 9.17) is 10.5 Å². The molecule has 3 nitrogen and oxygen atoms in total. The SMILES string of the molecule is CCCCCN(C)C1CCc2cc(OC)ccc2C1N. The van der Waals surface area contributed by atoms with Crippen LogP contribution in [0.1, 0.15) is 49.8 Å². The van der Waals surface area contributed by atoms with E-state index in [0.717, 1.165) is 25.1 Å². The lowest BCUT2D eigenvalue weighted by Crippen LogP contribution is -2.43. The van der Waals surface area contributed by atoms with Crippen LogP contribution < -0.4 is 10.5 Å². The molecule has 0 spiro atoms. The third-order valence-electron chi connectivity index (χ3n) is 4.51. The van der Waals surface area contributed by atoms with Gasteiger partial charge in [-0.15, -0.1) is 0 Å². The summed E-state index contributed by atoms with van der Waals surface area (Å²) in [6.07, 6.45) is 6.09. The lowest BCUT2D eigenvalue weighted by molar-refractivity contribution is 0.188. The molecule has 1 aromatic rings. The second-order valence-electron chi connectivity index (χ2n) is 5.88. The van der Waals surface area contributed by atoms with Gasteiger partial charge < -0.3 is 15.4 Å². The Morgan fingerprint density at radius 2 is 2.15 bits per heavy atom. The Balaban J connectivity index is 2.05. The number of likely N-dealkylation sites (N-methyl/N-ethyl adjacent to an activating group) is 1. The van der Waals surface area contributed by atoms with Gasteiger partial charge in [0.25, 0.3) is 0 Å². The highest BCUT2D eigenvalue weighted by molar-refractivity contribution is 5.40. The molecule has 0 aromatic heterocycles. The number of methoxy groups -OCH3 is 1. The maximum Gasteiger partial charge on any atom is 0.119 e. The molecule has 0 radical (unpaired) electrons. The van der Waals surface area contributed by atoms with Crippen molar-refractivity contribution in [1.29, 1.82) is 0 Å². The van der Waals surface area contributed by atoms with Crippen LogP contribution in [-0.2, 0) is 6.42 Å². The van der Waals surface area contributed by atoms with Crippen LogP contribution in [0, 0.1) is 0 Å². The molecule has 0 fully saturated rings. The first-order valence-corrected chi connectivity index (χ1v) is 7.80. The van der Waals surface area contributed by atoms with Gasteiger partial charge in [0, 0.05) is 12.1 Å². The van der Waals surface area contributed by atoms with Gasteiger partial charge in [0.2, 0.25) is 0 Å².